The van der Waals surface area contributed by atoms with Crippen molar-refractivity contribution in [1.82, 2.24) is 9.97 Å². The van der Waals surface area contributed by atoms with Crippen LogP contribution >= 0.6 is 0 Å². The summed E-state index contributed by atoms with van der Waals surface area (Å²) in [6, 6.07) is 2.66. The number of aliphatic hydroxyl groups excluding tert-OH is 1. The first-order valence-corrected chi connectivity index (χ1v) is 5.78. The largest absolute Gasteiger partial charge is 0.393 e. The second kappa shape index (κ2) is 3.59. The molecule has 3 N–H and O–H groups in total. The molecule has 3 atom stereocenters. The van der Waals surface area contributed by atoms with Gasteiger partial charge in [-0.05, 0) is 25.7 Å². The summed E-state index contributed by atoms with van der Waals surface area (Å²) < 4.78 is 0. The first-order valence-electron chi connectivity index (χ1n) is 5.78. The van der Waals surface area contributed by atoms with Crippen LogP contribution in [0.1, 0.15) is 25.7 Å². The molecule has 5 heteroatoms. The lowest BCUT2D eigenvalue weighted by Gasteiger charge is -2.38. The number of aliphatic hydroxyl groups is 1. The van der Waals surface area contributed by atoms with Crippen LogP contribution in [-0.4, -0.2) is 33.3 Å². The normalized spacial score (nSPS) is 33.1. The highest BCUT2D eigenvalue weighted by Gasteiger charge is 2.40. The highest BCUT2D eigenvalue weighted by molar-refractivity contribution is 5.49. The summed E-state index contributed by atoms with van der Waals surface area (Å²) in [5, 5.41) is 9.73. The molecule has 0 saturated carbocycles. The zero-order valence-electron chi connectivity index (χ0n) is 9.08. The molecular weight excluding hydrogens is 204 g/mol. The molecule has 1 aromatic rings. The van der Waals surface area contributed by atoms with E-state index in [0.29, 0.717) is 17.9 Å². The fourth-order valence-electron chi connectivity index (χ4n) is 3.03. The van der Waals surface area contributed by atoms with E-state index in [4.69, 9.17) is 5.73 Å². The van der Waals surface area contributed by atoms with Crippen molar-refractivity contribution in [2.75, 3.05) is 10.6 Å². The van der Waals surface area contributed by atoms with Gasteiger partial charge in [0.1, 0.15) is 18.0 Å². The number of anilines is 2. The van der Waals surface area contributed by atoms with E-state index in [2.05, 4.69) is 14.9 Å². The van der Waals surface area contributed by atoms with Crippen LogP contribution < -0.4 is 10.6 Å². The van der Waals surface area contributed by atoms with Crippen molar-refractivity contribution in [3.05, 3.63) is 12.4 Å². The lowest BCUT2D eigenvalue weighted by molar-refractivity contribution is 0.126. The van der Waals surface area contributed by atoms with Crippen LogP contribution in [0, 0.1) is 0 Å². The molecule has 86 valence electrons. The van der Waals surface area contributed by atoms with Crippen LogP contribution in [0.3, 0.4) is 0 Å². The van der Waals surface area contributed by atoms with Crippen molar-refractivity contribution in [3.8, 4) is 0 Å². The summed E-state index contributed by atoms with van der Waals surface area (Å²) in [5.74, 6) is 1.42. The average Bonchev–Trinajstić information content (AvgIpc) is 2.51. The van der Waals surface area contributed by atoms with Gasteiger partial charge in [0.05, 0.1) is 6.10 Å². The van der Waals surface area contributed by atoms with Crippen molar-refractivity contribution in [2.24, 2.45) is 0 Å². The first kappa shape index (κ1) is 9.84. The summed E-state index contributed by atoms with van der Waals surface area (Å²) in [6.07, 6.45) is 5.35. The Balaban J connectivity index is 1.91. The average molecular weight is 220 g/mol. The highest BCUT2D eigenvalue weighted by atomic mass is 16.3. The molecule has 2 aliphatic rings. The van der Waals surface area contributed by atoms with Crippen molar-refractivity contribution >= 4 is 11.6 Å². The number of hydrogen-bond acceptors (Lipinski definition) is 5. The molecule has 0 aliphatic carbocycles. The van der Waals surface area contributed by atoms with Crippen LogP contribution in [0.4, 0.5) is 11.6 Å². The molecule has 2 bridgehead atoms. The summed E-state index contributed by atoms with van der Waals surface area (Å²) >= 11 is 0. The molecular formula is C11H16N4O. The second-order valence-electron chi connectivity index (χ2n) is 4.72. The van der Waals surface area contributed by atoms with Gasteiger partial charge < -0.3 is 15.7 Å². The van der Waals surface area contributed by atoms with Crippen LogP contribution in [0.25, 0.3) is 0 Å². The maximum Gasteiger partial charge on any atom is 0.134 e. The van der Waals surface area contributed by atoms with E-state index in [1.54, 1.807) is 0 Å². The van der Waals surface area contributed by atoms with Crippen LogP contribution in [-0.2, 0) is 0 Å². The third kappa shape index (κ3) is 1.51. The standard InChI is InChI=1S/C11H16N4O/c12-10-5-11(14-6-13-10)15-7-1-2-8(15)4-9(16)3-7/h5-9,16H,1-4H2,(H2,12,13,14)/t7-,8?,9?/m1/s1. The molecule has 0 aromatic carbocycles. The quantitative estimate of drug-likeness (QED) is 0.723. The van der Waals surface area contributed by atoms with Gasteiger partial charge in [-0.3, -0.25) is 0 Å². The predicted molar refractivity (Wildman–Crippen MR) is 61.0 cm³/mol. The van der Waals surface area contributed by atoms with E-state index in [0.717, 1.165) is 31.5 Å². The fraction of sp³-hybridized carbons (Fsp3) is 0.636. The van der Waals surface area contributed by atoms with Gasteiger partial charge in [0.25, 0.3) is 0 Å². The maximum atomic E-state index is 9.73. The lowest BCUT2D eigenvalue weighted by Crippen LogP contribution is -2.45. The topological polar surface area (TPSA) is 75.3 Å². The van der Waals surface area contributed by atoms with Crippen LogP contribution in [0.15, 0.2) is 12.4 Å². The number of nitrogens with two attached hydrogens (primary N) is 1. The molecule has 3 rings (SSSR count). The zero-order valence-corrected chi connectivity index (χ0v) is 9.08. The Morgan fingerprint density at radius 3 is 2.56 bits per heavy atom. The second-order valence-corrected chi connectivity index (χ2v) is 4.72. The lowest BCUT2D eigenvalue weighted by atomic mass is 10.00. The van der Waals surface area contributed by atoms with Gasteiger partial charge in [0.2, 0.25) is 0 Å². The molecule has 0 amide bonds. The highest BCUT2D eigenvalue weighted by Crippen LogP contribution is 2.38. The monoisotopic (exact) mass is 220 g/mol. The van der Waals surface area contributed by atoms with E-state index < -0.39 is 0 Å². The van der Waals surface area contributed by atoms with Gasteiger partial charge in [0.15, 0.2) is 0 Å². The number of piperidine rings is 1. The zero-order chi connectivity index (χ0) is 11.1. The molecule has 5 nitrogen and oxygen atoms in total. The molecule has 2 aliphatic heterocycles. The van der Waals surface area contributed by atoms with Gasteiger partial charge in [-0.2, -0.15) is 0 Å². The van der Waals surface area contributed by atoms with Crippen molar-refractivity contribution in [1.29, 1.82) is 0 Å². The molecule has 2 saturated heterocycles. The predicted octanol–water partition coefficient (Wildman–Crippen LogP) is 0.551. The summed E-state index contributed by atoms with van der Waals surface area (Å²) in [5.41, 5.74) is 5.68. The van der Waals surface area contributed by atoms with Crippen molar-refractivity contribution in [3.63, 3.8) is 0 Å². The molecule has 2 unspecified atom stereocenters. The number of fused-ring (bicyclic) bond motifs is 2. The van der Waals surface area contributed by atoms with E-state index >= 15 is 0 Å². The molecule has 16 heavy (non-hydrogen) atoms. The number of rotatable bonds is 1. The van der Waals surface area contributed by atoms with Gasteiger partial charge in [-0.25, -0.2) is 9.97 Å². The van der Waals surface area contributed by atoms with Gasteiger partial charge in [0, 0.05) is 18.2 Å². The molecule has 3 heterocycles. The van der Waals surface area contributed by atoms with E-state index in [-0.39, 0.29) is 6.10 Å². The minimum Gasteiger partial charge on any atom is -0.393 e. The van der Waals surface area contributed by atoms with E-state index in [1.165, 1.54) is 6.33 Å². The first-order chi connectivity index (χ1) is 7.74. The molecule has 0 spiro atoms. The molecule has 0 radical (unpaired) electrons. The van der Waals surface area contributed by atoms with Crippen LogP contribution in [0.2, 0.25) is 0 Å². The smallest absolute Gasteiger partial charge is 0.134 e. The summed E-state index contributed by atoms with van der Waals surface area (Å²) in [7, 11) is 0. The van der Waals surface area contributed by atoms with E-state index in [1.807, 2.05) is 6.07 Å². The summed E-state index contributed by atoms with van der Waals surface area (Å²) in [4.78, 5) is 10.5. The van der Waals surface area contributed by atoms with Crippen molar-refractivity contribution < 1.29 is 5.11 Å². The SMILES string of the molecule is Nc1cc(N2C3CC[C@@H]2CC(O)C3)ncn1. The minimum atomic E-state index is -0.145. The Morgan fingerprint density at radius 1 is 1.25 bits per heavy atom. The Bertz CT molecular complexity index is 383. The van der Waals surface area contributed by atoms with E-state index in [9.17, 15) is 5.11 Å². The fourth-order valence-corrected chi connectivity index (χ4v) is 3.03. The van der Waals surface area contributed by atoms with Gasteiger partial charge >= 0.3 is 0 Å². The van der Waals surface area contributed by atoms with Gasteiger partial charge in [-0.1, -0.05) is 0 Å². The minimum absolute atomic E-state index is 0.145. The van der Waals surface area contributed by atoms with Crippen molar-refractivity contribution in [2.45, 2.75) is 43.9 Å². The molecule has 1 aromatic heterocycles. The number of nitrogen functional groups attached to an aromatic ring is 1. The van der Waals surface area contributed by atoms with Crippen LogP contribution in [0.5, 0.6) is 0 Å². The summed E-state index contributed by atoms with van der Waals surface area (Å²) in [6.45, 7) is 0. The third-order valence-electron chi connectivity index (χ3n) is 3.65. The number of aromatic nitrogens is 2. The number of hydrogen-bond donors (Lipinski definition) is 2. The molecule has 2 fully saturated rings. The Labute approximate surface area is 94.3 Å². The Hall–Kier alpha value is -1.36. The Kier molecular flexibility index (Phi) is 2.21. The maximum absolute atomic E-state index is 9.73. The van der Waals surface area contributed by atoms with Gasteiger partial charge in [-0.15, -0.1) is 0 Å². The number of nitrogens with zero attached hydrogens (tertiary/aromatic N) is 3. The third-order valence-corrected chi connectivity index (χ3v) is 3.65. The Morgan fingerprint density at radius 2 is 1.94 bits per heavy atom.